The number of carbonyl (C=O) groups is 1. The Kier molecular flexibility index (Phi) is 2.37. The van der Waals surface area contributed by atoms with Crippen LogP contribution >= 0.6 is 0 Å². The van der Waals surface area contributed by atoms with Crippen molar-refractivity contribution in [3.05, 3.63) is 17.2 Å². The van der Waals surface area contributed by atoms with E-state index in [1.807, 2.05) is 4.57 Å². The lowest BCUT2D eigenvalue weighted by molar-refractivity contribution is 0.0998. The van der Waals surface area contributed by atoms with Gasteiger partial charge in [0.2, 0.25) is 0 Å². The van der Waals surface area contributed by atoms with Gasteiger partial charge in [0.25, 0.3) is 0 Å². The van der Waals surface area contributed by atoms with Crippen LogP contribution in [0, 0.1) is 0 Å². The highest BCUT2D eigenvalue weighted by atomic mass is 16.3. The smallest absolute Gasteiger partial charge is 0.195 e. The van der Waals surface area contributed by atoms with Gasteiger partial charge < -0.3 is 9.67 Å². The predicted octanol–water partition coefficient (Wildman–Crippen LogP) is 0.914. The summed E-state index contributed by atoms with van der Waals surface area (Å²) >= 11 is 0. The van der Waals surface area contributed by atoms with E-state index in [4.69, 9.17) is 5.11 Å². The monoisotopic (exact) mass is 194 g/mol. The van der Waals surface area contributed by atoms with Gasteiger partial charge in [-0.25, -0.2) is 4.98 Å². The van der Waals surface area contributed by atoms with Gasteiger partial charge in [-0.3, -0.25) is 4.79 Å². The summed E-state index contributed by atoms with van der Waals surface area (Å²) in [6.45, 7) is 2.31. The third-order valence-corrected chi connectivity index (χ3v) is 2.67. The maximum Gasteiger partial charge on any atom is 0.195 e. The Labute approximate surface area is 82.6 Å². The molecule has 0 fully saturated rings. The highest BCUT2D eigenvalue weighted by Gasteiger charge is 2.21. The van der Waals surface area contributed by atoms with E-state index in [1.54, 1.807) is 0 Å². The maximum absolute atomic E-state index is 11.3. The van der Waals surface area contributed by atoms with E-state index in [2.05, 4.69) is 4.98 Å². The van der Waals surface area contributed by atoms with Crippen LogP contribution in [0.3, 0.4) is 0 Å². The number of ketones is 1. The molecule has 0 saturated carbocycles. The van der Waals surface area contributed by atoms with Crippen molar-refractivity contribution in [3.63, 3.8) is 0 Å². The third-order valence-electron chi connectivity index (χ3n) is 2.67. The third kappa shape index (κ3) is 1.35. The second kappa shape index (κ2) is 3.53. The number of Topliss-reactive ketones (excluding diaryl/α,β-unsaturated/α-hetero) is 1. The molecule has 0 aromatic carbocycles. The number of hydrogen-bond donors (Lipinski definition) is 1. The molecule has 4 heteroatoms. The van der Waals surface area contributed by atoms with Gasteiger partial charge in [0.15, 0.2) is 11.6 Å². The SMILES string of the molecule is CC(=O)c1nc(CO)c2n1CCCC2. The van der Waals surface area contributed by atoms with Crippen molar-refractivity contribution in [3.8, 4) is 0 Å². The highest BCUT2D eigenvalue weighted by Crippen LogP contribution is 2.21. The molecule has 2 heterocycles. The van der Waals surface area contributed by atoms with Crippen LogP contribution in [0.25, 0.3) is 0 Å². The molecule has 14 heavy (non-hydrogen) atoms. The maximum atomic E-state index is 11.3. The molecule has 0 saturated heterocycles. The fraction of sp³-hybridized carbons (Fsp3) is 0.600. The van der Waals surface area contributed by atoms with Crippen LogP contribution in [0.4, 0.5) is 0 Å². The van der Waals surface area contributed by atoms with Crippen LogP contribution in [-0.4, -0.2) is 20.4 Å². The summed E-state index contributed by atoms with van der Waals surface area (Å²) in [6.07, 6.45) is 3.14. The van der Waals surface area contributed by atoms with E-state index < -0.39 is 0 Å². The summed E-state index contributed by atoms with van der Waals surface area (Å²) in [6, 6.07) is 0. The molecule has 1 N–H and O–H groups in total. The van der Waals surface area contributed by atoms with E-state index in [9.17, 15) is 4.79 Å². The molecular weight excluding hydrogens is 180 g/mol. The molecule has 1 aliphatic heterocycles. The first kappa shape index (κ1) is 9.40. The van der Waals surface area contributed by atoms with Crippen LogP contribution in [0.1, 0.15) is 41.8 Å². The summed E-state index contributed by atoms with van der Waals surface area (Å²) < 4.78 is 1.96. The lowest BCUT2D eigenvalue weighted by Gasteiger charge is -2.16. The predicted molar refractivity (Wildman–Crippen MR) is 51.1 cm³/mol. The molecule has 2 rings (SSSR count). The number of nitrogens with zero attached hydrogens (tertiary/aromatic N) is 2. The molecule has 76 valence electrons. The van der Waals surface area contributed by atoms with E-state index in [-0.39, 0.29) is 12.4 Å². The number of fused-ring (bicyclic) bond motifs is 1. The van der Waals surface area contributed by atoms with Crippen molar-refractivity contribution in [1.29, 1.82) is 0 Å². The lowest BCUT2D eigenvalue weighted by Crippen LogP contribution is -2.15. The zero-order valence-corrected chi connectivity index (χ0v) is 8.29. The fourth-order valence-corrected chi connectivity index (χ4v) is 2.01. The summed E-state index contributed by atoms with van der Waals surface area (Å²) in [7, 11) is 0. The second-order valence-electron chi connectivity index (χ2n) is 3.65. The summed E-state index contributed by atoms with van der Waals surface area (Å²) in [5.74, 6) is 0.483. The number of carbonyl (C=O) groups excluding carboxylic acids is 1. The van der Waals surface area contributed by atoms with Gasteiger partial charge in [-0.15, -0.1) is 0 Å². The first-order valence-corrected chi connectivity index (χ1v) is 4.94. The van der Waals surface area contributed by atoms with Crippen molar-refractivity contribution in [1.82, 2.24) is 9.55 Å². The summed E-state index contributed by atoms with van der Waals surface area (Å²) in [5.41, 5.74) is 1.72. The lowest BCUT2D eigenvalue weighted by atomic mass is 10.1. The van der Waals surface area contributed by atoms with Crippen molar-refractivity contribution >= 4 is 5.78 Å². The van der Waals surface area contributed by atoms with Gasteiger partial charge in [0, 0.05) is 19.2 Å². The molecule has 0 spiro atoms. The topological polar surface area (TPSA) is 55.1 Å². The average Bonchev–Trinajstić information content (AvgIpc) is 2.56. The molecule has 0 bridgehead atoms. The molecule has 1 aromatic rings. The van der Waals surface area contributed by atoms with E-state index in [0.717, 1.165) is 31.5 Å². The Hall–Kier alpha value is -1.16. The Balaban J connectivity index is 2.52. The van der Waals surface area contributed by atoms with Gasteiger partial charge in [-0.2, -0.15) is 0 Å². The van der Waals surface area contributed by atoms with E-state index >= 15 is 0 Å². The molecule has 1 aliphatic rings. The van der Waals surface area contributed by atoms with Gasteiger partial charge in [-0.05, 0) is 19.3 Å². The normalized spacial score (nSPS) is 15.3. The zero-order chi connectivity index (χ0) is 10.1. The number of aromatic nitrogens is 2. The molecular formula is C10H14N2O2. The van der Waals surface area contributed by atoms with Gasteiger partial charge in [-0.1, -0.05) is 0 Å². The van der Waals surface area contributed by atoms with Crippen molar-refractivity contribution in [2.45, 2.75) is 39.3 Å². The number of imidazole rings is 1. The minimum Gasteiger partial charge on any atom is -0.390 e. The quantitative estimate of drug-likeness (QED) is 0.712. The summed E-state index contributed by atoms with van der Waals surface area (Å²) in [4.78, 5) is 15.5. The second-order valence-corrected chi connectivity index (χ2v) is 3.65. The largest absolute Gasteiger partial charge is 0.390 e. The average molecular weight is 194 g/mol. The Bertz CT molecular complexity index is 368. The van der Waals surface area contributed by atoms with Crippen LogP contribution in [0.15, 0.2) is 0 Å². The van der Waals surface area contributed by atoms with Crippen LogP contribution in [0.5, 0.6) is 0 Å². The molecule has 0 atom stereocenters. The Morgan fingerprint density at radius 1 is 1.57 bits per heavy atom. The standard InChI is InChI=1S/C10H14N2O2/c1-7(14)10-11-8(6-13)9-4-2-3-5-12(9)10/h13H,2-6H2,1H3. The minimum absolute atomic E-state index is 0.0205. The molecule has 0 aliphatic carbocycles. The Morgan fingerprint density at radius 3 is 3.00 bits per heavy atom. The van der Waals surface area contributed by atoms with Crippen molar-refractivity contribution < 1.29 is 9.90 Å². The molecule has 0 radical (unpaired) electrons. The van der Waals surface area contributed by atoms with Crippen LogP contribution < -0.4 is 0 Å². The highest BCUT2D eigenvalue weighted by molar-refractivity contribution is 5.90. The van der Waals surface area contributed by atoms with E-state index in [0.29, 0.717) is 11.5 Å². The number of aliphatic hydroxyl groups is 1. The number of hydrogen-bond acceptors (Lipinski definition) is 3. The molecule has 4 nitrogen and oxygen atoms in total. The van der Waals surface area contributed by atoms with Crippen LogP contribution in [0.2, 0.25) is 0 Å². The number of aliphatic hydroxyl groups excluding tert-OH is 1. The van der Waals surface area contributed by atoms with E-state index in [1.165, 1.54) is 6.92 Å². The van der Waals surface area contributed by atoms with Crippen molar-refractivity contribution in [2.75, 3.05) is 0 Å². The first-order valence-electron chi connectivity index (χ1n) is 4.94. The Morgan fingerprint density at radius 2 is 2.36 bits per heavy atom. The van der Waals surface area contributed by atoms with Gasteiger partial charge in [0.1, 0.15) is 0 Å². The molecule has 0 amide bonds. The van der Waals surface area contributed by atoms with Gasteiger partial charge in [0.05, 0.1) is 12.3 Å². The molecule has 0 unspecified atom stereocenters. The molecule has 1 aromatic heterocycles. The summed E-state index contributed by atoms with van der Waals surface area (Å²) in [5, 5.41) is 9.10. The minimum atomic E-state index is -0.0669. The first-order chi connectivity index (χ1) is 6.74. The van der Waals surface area contributed by atoms with Crippen molar-refractivity contribution in [2.24, 2.45) is 0 Å². The van der Waals surface area contributed by atoms with Gasteiger partial charge >= 0.3 is 0 Å². The van der Waals surface area contributed by atoms with Crippen LogP contribution in [-0.2, 0) is 19.6 Å². The fourth-order valence-electron chi connectivity index (χ4n) is 2.01. The zero-order valence-electron chi connectivity index (χ0n) is 8.29. The number of rotatable bonds is 2.